The van der Waals surface area contributed by atoms with Crippen molar-refractivity contribution in [2.75, 3.05) is 5.32 Å². The summed E-state index contributed by atoms with van der Waals surface area (Å²) >= 11 is 0. The molecule has 1 heterocycles. The van der Waals surface area contributed by atoms with Crippen molar-refractivity contribution in [2.45, 2.75) is 46.6 Å². The molecular weight excluding hydrogens is 322 g/mol. The lowest BCUT2D eigenvalue weighted by molar-refractivity contribution is 0.0696. The summed E-state index contributed by atoms with van der Waals surface area (Å²) in [6, 6.07) is 6.08. The molecule has 0 saturated heterocycles. The second-order valence-electron chi connectivity index (χ2n) is 6.41. The standard InChI is InChI=1S/C19H23NO5/c1-10(2)17-9-14(12(5)25-17)18(21)20-15-8-13(19(22)23)6-7-16(15)24-11(3)4/h6-11H,1-5H3,(H,20,21)(H,22,23). The summed E-state index contributed by atoms with van der Waals surface area (Å²) in [6.07, 6.45) is -0.116. The van der Waals surface area contributed by atoms with Crippen molar-refractivity contribution in [3.8, 4) is 5.75 Å². The first-order valence-corrected chi connectivity index (χ1v) is 8.14. The van der Waals surface area contributed by atoms with Crippen LogP contribution in [0.2, 0.25) is 0 Å². The highest BCUT2D eigenvalue weighted by Gasteiger charge is 2.19. The molecule has 0 saturated carbocycles. The summed E-state index contributed by atoms with van der Waals surface area (Å²) in [7, 11) is 0. The van der Waals surface area contributed by atoms with E-state index in [0.717, 1.165) is 5.76 Å². The Morgan fingerprint density at radius 2 is 1.84 bits per heavy atom. The first-order chi connectivity index (χ1) is 11.7. The number of hydrogen-bond donors (Lipinski definition) is 2. The summed E-state index contributed by atoms with van der Waals surface area (Å²) in [6.45, 7) is 9.38. The van der Waals surface area contributed by atoms with E-state index < -0.39 is 5.97 Å². The Kier molecular flexibility index (Phi) is 5.51. The molecule has 0 aliphatic carbocycles. The third kappa shape index (κ3) is 4.41. The van der Waals surface area contributed by atoms with Gasteiger partial charge in [-0.1, -0.05) is 13.8 Å². The molecule has 25 heavy (non-hydrogen) atoms. The molecule has 0 fully saturated rings. The largest absolute Gasteiger partial charge is 0.489 e. The van der Waals surface area contributed by atoms with Gasteiger partial charge in [-0.2, -0.15) is 0 Å². The van der Waals surface area contributed by atoms with Gasteiger partial charge >= 0.3 is 5.97 Å². The second kappa shape index (κ2) is 7.42. The van der Waals surface area contributed by atoms with Crippen LogP contribution in [0.15, 0.2) is 28.7 Å². The lowest BCUT2D eigenvalue weighted by atomic mass is 10.1. The van der Waals surface area contributed by atoms with Crippen LogP contribution in [-0.2, 0) is 0 Å². The van der Waals surface area contributed by atoms with Crippen molar-refractivity contribution in [2.24, 2.45) is 0 Å². The number of furan rings is 1. The highest BCUT2D eigenvalue weighted by Crippen LogP contribution is 2.29. The summed E-state index contributed by atoms with van der Waals surface area (Å²) in [5.74, 6) is 0.369. The first-order valence-electron chi connectivity index (χ1n) is 8.14. The molecule has 1 amide bonds. The van der Waals surface area contributed by atoms with E-state index >= 15 is 0 Å². The summed E-state index contributed by atoms with van der Waals surface area (Å²) < 4.78 is 11.3. The zero-order valence-corrected chi connectivity index (χ0v) is 15.0. The Hall–Kier alpha value is -2.76. The number of anilines is 1. The van der Waals surface area contributed by atoms with Crippen molar-refractivity contribution in [1.29, 1.82) is 0 Å². The average Bonchev–Trinajstić information content (AvgIpc) is 2.90. The molecule has 134 valence electrons. The van der Waals surface area contributed by atoms with Crippen LogP contribution in [0.3, 0.4) is 0 Å². The minimum absolute atomic E-state index is 0.0678. The molecule has 0 spiro atoms. The molecule has 2 rings (SSSR count). The fraction of sp³-hybridized carbons (Fsp3) is 0.368. The van der Waals surface area contributed by atoms with Crippen molar-refractivity contribution < 1.29 is 23.8 Å². The molecule has 0 aliphatic heterocycles. The number of carboxylic acids is 1. The topological polar surface area (TPSA) is 88.8 Å². The SMILES string of the molecule is Cc1oc(C(C)C)cc1C(=O)Nc1cc(C(=O)O)ccc1OC(C)C. The number of amides is 1. The number of carbonyl (C=O) groups is 2. The van der Waals surface area contributed by atoms with Gasteiger partial charge in [0.2, 0.25) is 0 Å². The molecule has 0 aliphatic rings. The predicted octanol–water partition coefficient (Wildman–Crippen LogP) is 4.45. The van der Waals surface area contributed by atoms with Gasteiger partial charge in [-0.05, 0) is 45.0 Å². The average molecular weight is 345 g/mol. The molecule has 6 heteroatoms. The zero-order valence-electron chi connectivity index (χ0n) is 15.0. The minimum atomic E-state index is -1.08. The van der Waals surface area contributed by atoms with Gasteiger partial charge in [-0.15, -0.1) is 0 Å². The van der Waals surface area contributed by atoms with Crippen molar-refractivity contribution >= 4 is 17.6 Å². The number of benzene rings is 1. The van der Waals surface area contributed by atoms with Gasteiger partial charge in [0.05, 0.1) is 22.9 Å². The Labute approximate surface area is 146 Å². The molecule has 2 aromatic rings. The van der Waals surface area contributed by atoms with E-state index in [4.69, 9.17) is 9.15 Å². The van der Waals surface area contributed by atoms with Crippen LogP contribution < -0.4 is 10.1 Å². The molecule has 1 aromatic heterocycles. The maximum atomic E-state index is 12.6. The van der Waals surface area contributed by atoms with E-state index in [1.54, 1.807) is 19.1 Å². The fourth-order valence-corrected chi connectivity index (χ4v) is 2.32. The zero-order chi connectivity index (χ0) is 18.7. The number of hydrogen-bond acceptors (Lipinski definition) is 4. The van der Waals surface area contributed by atoms with Crippen LogP contribution in [0.1, 0.15) is 65.8 Å². The van der Waals surface area contributed by atoms with Crippen LogP contribution in [0, 0.1) is 6.92 Å². The highest BCUT2D eigenvalue weighted by atomic mass is 16.5. The maximum absolute atomic E-state index is 12.6. The van der Waals surface area contributed by atoms with Gasteiger partial charge in [0.15, 0.2) is 0 Å². The molecule has 1 aromatic carbocycles. The fourth-order valence-electron chi connectivity index (χ4n) is 2.32. The third-order valence-electron chi connectivity index (χ3n) is 3.59. The number of carbonyl (C=O) groups excluding carboxylic acids is 1. The van der Waals surface area contributed by atoms with E-state index in [9.17, 15) is 14.7 Å². The normalized spacial score (nSPS) is 11.0. The molecule has 0 atom stereocenters. The van der Waals surface area contributed by atoms with Gasteiger partial charge in [0, 0.05) is 5.92 Å². The predicted molar refractivity (Wildman–Crippen MR) is 94.7 cm³/mol. The van der Waals surface area contributed by atoms with Crippen molar-refractivity contribution in [1.82, 2.24) is 0 Å². The number of rotatable bonds is 6. The Bertz CT molecular complexity index is 789. The molecule has 6 nitrogen and oxygen atoms in total. The second-order valence-corrected chi connectivity index (χ2v) is 6.41. The summed E-state index contributed by atoms with van der Waals surface area (Å²) in [5, 5.41) is 11.9. The van der Waals surface area contributed by atoms with Crippen LogP contribution in [-0.4, -0.2) is 23.1 Å². The molecule has 0 radical (unpaired) electrons. The van der Waals surface area contributed by atoms with E-state index in [-0.39, 0.29) is 23.5 Å². The number of aryl methyl sites for hydroxylation is 1. The van der Waals surface area contributed by atoms with E-state index in [2.05, 4.69) is 5.32 Å². The van der Waals surface area contributed by atoms with E-state index in [0.29, 0.717) is 22.8 Å². The molecular formula is C19H23NO5. The number of aromatic carboxylic acids is 1. The molecule has 2 N–H and O–H groups in total. The summed E-state index contributed by atoms with van der Waals surface area (Å²) in [4.78, 5) is 23.8. The Balaban J connectivity index is 2.35. The van der Waals surface area contributed by atoms with Gasteiger partial charge in [-0.3, -0.25) is 4.79 Å². The maximum Gasteiger partial charge on any atom is 0.335 e. The van der Waals surface area contributed by atoms with E-state index in [1.165, 1.54) is 12.1 Å². The van der Waals surface area contributed by atoms with Gasteiger partial charge < -0.3 is 19.6 Å². The smallest absolute Gasteiger partial charge is 0.335 e. The Morgan fingerprint density at radius 3 is 2.36 bits per heavy atom. The number of ether oxygens (including phenoxy) is 1. The Morgan fingerprint density at radius 1 is 1.16 bits per heavy atom. The van der Waals surface area contributed by atoms with Crippen LogP contribution >= 0.6 is 0 Å². The monoisotopic (exact) mass is 345 g/mol. The number of carboxylic acid groups (broad SMARTS) is 1. The van der Waals surface area contributed by atoms with Crippen LogP contribution in [0.5, 0.6) is 5.75 Å². The van der Waals surface area contributed by atoms with Crippen LogP contribution in [0.4, 0.5) is 5.69 Å². The van der Waals surface area contributed by atoms with Crippen LogP contribution in [0.25, 0.3) is 0 Å². The van der Waals surface area contributed by atoms with Gasteiger partial charge in [0.25, 0.3) is 5.91 Å². The lowest BCUT2D eigenvalue weighted by Crippen LogP contribution is -2.15. The van der Waals surface area contributed by atoms with Gasteiger partial charge in [0.1, 0.15) is 17.3 Å². The first kappa shape index (κ1) is 18.6. The van der Waals surface area contributed by atoms with Gasteiger partial charge in [-0.25, -0.2) is 4.79 Å². The third-order valence-corrected chi connectivity index (χ3v) is 3.59. The highest BCUT2D eigenvalue weighted by molar-refractivity contribution is 6.06. The van der Waals surface area contributed by atoms with Crippen molar-refractivity contribution in [3.05, 3.63) is 46.9 Å². The quantitative estimate of drug-likeness (QED) is 0.807. The summed E-state index contributed by atoms with van der Waals surface area (Å²) in [5.41, 5.74) is 0.795. The van der Waals surface area contributed by atoms with Crippen molar-refractivity contribution in [3.63, 3.8) is 0 Å². The molecule has 0 unspecified atom stereocenters. The van der Waals surface area contributed by atoms with E-state index in [1.807, 2.05) is 27.7 Å². The minimum Gasteiger partial charge on any atom is -0.489 e. The molecule has 0 bridgehead atoms. The number of nitrogens with one attached hydrogen (secondary N) is 1. The lowest BCUT2D eigenvalue weighted by Gasteiger charge is -2.15.